The summed E-state index contributed by atoms with van der Waals surface area (Å²) in [6, 6.07) is 9.42. The van der Waals surface area contributed by atoms with Crippen molar-refractivity contribution >= 4 is 48.8 Å². The first kappa shape index (κ1) is 18.5. The van der Waals surface area contributed by atoms with Gasteiger partial charge in [-0.1, -0.05) is 29.5 Å². The van der Waals surface area contributed by atoms with Crippen LogP contribution in [0, 0.1) is 6.92 Å². The van der Waals surface area contributed by atoms with Gasteiger partial charge in [-0.05, 0) is 35.0 Å². The molecule has 3 heterocycles. The number of aromatic nitrogens is 4. The Balaban J connectivity index is 1.73. The lowest BCUT2D eigenvalue weighted by atomic mass is 9.99. The van der Waals surface area contributed by atoms with Gasteiger partial charge >= 0.3 is 0 Å². The number of thiazole rings is 1. The van der Waals surface area contributed by atoms with E-state index in [1.165, 1.54) is 11.3 Å². The second kappa shape index (κ2) is 7.61. The van der Waals surface area contributed by atoms with Gasteiger partial charge in [0.1, 0.15) is 10.4 Å². The van der Waals surface area contributed by atoms with Gasteiger partial charge in [0.15, 0.2) is 15.6 Å². The predicted molar refractivity (Wildman–Crippen MR) is 112 cm³/mol. The number of carbonyl (C=O) groups is 1. The third-order valence-electron chi connectivity index (χ3n) is 4.00. The minimum absolute atomic E-state index is 0.313. The van der Waals surface area contributed by atoms with Crippen molar-refractivity contribution in [3.63, 3.8) is 0 Å². The van der Waals surface area contributed by atoms with E-state index < -0.39 is 0 Å². The number of amides is 1. The predicted octanol–water partition coefficient (Wildman–Crippen LogP) is 4.48. The van der Waals surface area contributed by atoms with E-state index in [0.717, 1.165) is 16.8 Å². The molecule has 3 aromatic heterocycles. The quantitative estimate of drug-likeness (QED) is 0.487. The van der Waals surface area contributed by atoms with Crippen molar-refractivity contribution in [3.8, 4) is 16.9 Å². The Morgan fingerprint density at radius 3 is 2.79 bits per heavy atom. The minimum atomic E-state index is -0.313. The normalized spacial score (nSPS) is 10.8. The molecule has 0 aliphatic heterocycles. The lowest BCUT2D eigenvalue weighted by Gasteiger charge is -2.13. The number of pyridine rings is 1. The molecule has 140 valence electrons. The molecule has 4 aromatic rings. The monoisotopic (exact) mass is 455 g/mol. The van der Waals surface area contributed by atoms with Crippen LogP contribution in [0.4, 0.5) is 5.13 Å². The number of halogens is 1. The number of benzene rings is 1. The third-order valence-corrected chi connectivity index (χ3v) is 5.23. The van der Waals surface area contributed by atoms with Gasteiger partial charge < -0.3 is 4.74 Å². The molecule has 0 saturated carbocycles. The molecule has 4 rings (SSSR count). The fourth-order valence-electron chi connectivity index (χ4n) is 2.75. The number of nitrogens with zero attached hydrogens (tertiary/aromatic N) is 4. The largest absolute Gasteiger partial charge is 0.496 e. The van der Waals surface area contributed by atoms with Gasteiger partial charge in [0.2, 0.25) is 0 Å². The topological polar surface area (TPSA) is 89.9 Å². The molecule has 0 atom stereocenters. The highest BCUT2D eigenvalue weighted by molar-refractivity contribution is 9.10. The summed E-state index contributed by atoms with van der Waals surface area (Å²) in [6.45, 7) is 1.88. The molecule has 0 fully saturated rings. The second-order valence-electron chi connectivity index (χ2n) is 5.87. The Morgan fingerprint density at radius 1 is 1.14 bits per heavy atom. The molecule has 0 spiro atoms. The number of anilines is 1. The number of nitrogens with one attached hydrogen (secondary N) is 1. The van der Waals surface area contributed by atoms with E-state index in [1.807, 2.05) is 37.3 Å². The smallest absolute Gasteiger partial charge is 0.259 e. The van der Waals surface area contributed by atoms with E-state index in [0.29, 0.717) is 31.5 Å². The van der Waals surface area contributed by atoms with Crippen LogP contribution in [-0.2, 0) is 0 Å². The molecule has 28 heavy (non-hydrogen) atoms. The van der Waals surface area contributed by atoms with E-state index >= 15 is 0 Å². The summed E-state index contributed by atoms with van der Waals surface area (Å²) in [5, 5.41) is 3.25. The van der Waals surface area contributed by atoms with E-state index in [1.54, 1.807) is 19.5 Å². The number of hydrogen-bond acceptors (Lipinski definition) is 7. The zero-order chi connectivity index (χ0) is 19.7. The average Bonchev–Trinajstić information content (AvgIpc) is 3.09. The van der Waals surface area contributed by atoms with Crippen molar-refractivity contribution in [3.05, 3.63) is 58.6 Å². The lowest BCUT2D eigenvalue weighted by molar-refractivity contribution is 0.102. The summed E-state index contributed by atoms with van der Waals surface area (Å²) in [5.41, 5.74) is 3.27. The van der Waals surface area contributed by atoms with Gasteiger partial charge in [-0.15, -0.1) is 0 Å². The fraction of sp³-hybridized carbons (Fsp3) is 0.105. The molecule has 0 saturated heterocycles. The molecule has 0 unspecified atom stereocenters. The zero-order valence-corrected chi connectivity index (χ0v) is 17.3. The first-order valence-corrected chi connectivity index (χ1v) is 9.86. The fourth-order valence-corrected chi connectivity index (χ4v) is 3.94. The summed E-state index contributed by atoms with van der Waals surface area (Å²) in [6.07, 6.45) is 3.13. The molecule has 1 N–H and O–H groups in total. The molecule has 0 bridgehead atoms. The summed E-state index contributed by atoms with van der Waals surface area (Å²) in [7, 11) is 1.60. The second-order valence-corrected chi connectivity index (χ2v) is 7.66. The van der Waals surface area contributed by atoms with Crippen LogP contribution in [0.25, 0.3) is 21.6 Å². The van der Waals surface area contributed by atoms with Crippen molar-refractivity contribution in [1.82, 2.24) is 19.9 Å². The Kier molecular flexibility index (Phi) is 5.01. The number of methoxy groups -OCH3 is 1. The summed E-state index contributed by atoms with van der Waals surface area (Å²) in [4.78, 5) is 30.7. The molecular formula is C19H14BrN5O2S. The standard InChI is InChI=1S/C19H14BrN5O2S/c1-10-7-12(11-5-3-4-6-14(11)27-2)13(8-21-10)17(26)25-19-24-16-18(28-19)23-15(20)9-22-16/h3-9H,1-2H3,(H,22,24,25,26). The lowest BCUT2D eigenvalue weighted by Crippen LogP contribution is -2.14. The number of aryl methyl sites for hydroxylation is 1. The number of fused-ring (bicyclic) bond motifs is 1. The third kappa shape index (κ3) is 3.58. The molecule has 7 nitrogen and oxygen atoms in total. The summed E-state index contributed by atoms with van der Waals surface area (Å²) in [5.74, 6) is 0.368. The molecule has 0 aliphatic carbocycles. The van der Waals surface area contributed by atoms with E-state index in [2.05, 4.69) is 41.2 Å². The molecule has 0 aliphatic rings. The summed E-state index contributed by atoms with van der Waals surface area (Å²) >= 11 is 4.54. The maximum absolute atomic E-state index is 13.0. The van der Waals surface area contributed by atoms with Crippen LogP contribution in [0.2, 0.25) is 0 Å². The van der Waals surface area contributed by atoms with Crippen molar-refractivity contribution in [2.75, 3.05) is 12.4 Å². The van der Waals surface area contributed by atoms with Crippen LogP contribution in [-0.4, -0.2) is 33.0 Å². The van der Waals surface area contributed by atoms with Gasteiger partial charge in [-0.2, -0.15) is 4.98 Å². The highest BCUT2D eigenvalue weighted by Gasteiger charge is 2.18. The van der Waals surface area contributed by atoms with E-state index in [-0.39, 0.29) is 5.91 Å². The van der Waals surface area contributed by atoms with Crippen LogP contribution >= 0.6 is 27.3 Å². The maximum atomic E-state index is 13.0. The molecule has 1 amide bonds. The van der Waals surface area contributed by atoms with Crippen molar-refractivity contribution in [1.29, 1.82) is 0 Å². The Morgan fingerprint density at radius 2 is 1.96 bits per heavy atom. The maximum Gasteiger partial charge on any atom is 0.259 e. The van der Waals surface area contributed by atoms with Gasteiger partial charge in [-0.25, -0.2) is 9.97 Å². The molecule has 1 aromatic carbocycles. The average molecular weight is 456 g/mol. The van der Waals surface area contributed by atoms with E-state index in [4.69, 9.17) is 4.74 Å². The number of rotatable bonds is 4. The Bertz CT molecular complexity index is 1190. The van der Waals surface area contributed by atoms with Crippen molar-refractivity contribution in [2.45, 2.75) is 6.92 Å². The number of ether oxygens (including phenoxy) is 1. The Labute approximate surface area is 173 Å². The number of hydrogen-bond donors (Lipinski definition) is 1. The highest BCUT2D eigenvalue weighted by Crippen LogP contribution is 2.33. The number of para-hydroxylation sites is 1. The minimum Gasteiger partial charge on any atom is -0.496 e. The van der Waals surface area contributed by atoms with Crippen molar-refractivity contribution < 1.29 is 9.53 Å². The van der Waals surface area contributed by atoms with Crippen molar-refractivity contribution in [2.24, 2.45) is 0 Å². The molecule has 9 heteroatoms. The van der Waals surface area contributed by atoms with Gasteiger partial charge in [0, 0.05) is 23.0 Å². The zero-order valence-electron chi connectivity index (χ0n) is 14.9. The van der Waals surface area contributed by atoms with Crippen LogP contribution in [0.15, 0.2) is 47.3 Å². The van der Waals surface area contributed by atoms with Gasteiger partial charge in [0.25, 0.3) is 5.91 Å². The SMILES string of the molecule is COc1ccccc1-c1cc(C)ncc1C(=O)Nc1nc2ncc(Br)nc2s1. The van der Waals surface area contributed by atoms with Crippen LogP contribution in [0.3, 0.4) is 0 Å². The van der Waals surface area contributed by atoms with Crippen LogP contribution in [0.1, 0.15) is 16.1 Å². The van der Waals surface area contributed by atoms with Crippen LogP contribution < -0.4 is 10.1 Å². The van der Waals surface area contributed by atoms with Gasteiger partial charge in [-0.3, -0.25) is 15.1 Å². The summed E-state index contributed by atoms with van der Waals surface area (Å²) < 4.78 is 6.07. The first-order chi connectivity index (χ1) is 13.5. The molecule has 0 radical (unpaired) electrons. The van der Waals surface area contributed by atoms with E-state index in [9.17, 15) is 4.79 Å². The molecular weight excluding hydrogens is 442 g/mol. The first-order valence-electron chi connectivity index (χ1n) is 8.25. The Hall–Kier alpha value is -2.91. The number of carbonyl (C=O) groups excluding carboxylic acids is 1. The highest BCUT2D eigenvalue weighted by atomic mass is 79.9. The van der Waals surface area contributed by atoms with Gasteiger partial charge in [0.05, 0.1) is 18.9 Å². The van der Waals surface area contributed by atoms with Crippen LogP contribution in [0.5, 0.6) is 5.75 Å².